The van der Waals surface area contributed by atoms with Crippen LogP contribution in [0.15, 0.2) is 0 Å². The Bertz CT molecular complexity index is 73.4. The monoisotopic (exact) mass is 182 g/mol. The van der Waals surface area contributed by atoms with Gasteiger partial charge in [0, 0.05) is 24.1 Å². The number of thioether (sulfide) groups is 1. The van der Waals surface area contributed by atoms with Crippen molar-refractivity contribution in [3.63, 3.8) is 0 Å². The molecule has 2 nitrogen and oxygen atoms in total. The van der Waals surface area contributed by atoms with E-state index in [2.05, 4.69) is 5.32 Å². The Balaban J connectivity index is 0.000000810. The van der Waals surface area contributed by atoms with Crippen LogP contribution in [-0.4, -0.2) is 30.6 Å². The van der Waals surface area contributed by atoms with E-state index in [0.717, 1.165) is 24.8 Å². The standard InChI is InChI=1S/C6H14N2S.ClH/c7-2-1-6-5-8-3-4-9-6;/h6,8H,1-5,7H2;1H. The van der Waals surface area contributed by atoms with Crippen molar-refractivity contribution >= 4 is 24.2 Å². The lowest BCUT2D eigenvalue weighted by Crippen LogP contribution is -2.33. The van der Waals surface area contributed by atoms with Crippen LogP contribution < -0.4 is 11.1 Å². The van der Waals surface area contributed by atoms with Gasteiger partial charge in [0.05, 0.1) is 0 Å². The van der Waals surface area contributed by atoms with Crippen molar-refractivity contribution in [3.8, 4) is 0 Å². The molecule has 1 aliphatic heterocycles. The van der Waals surface area contributed by atoms with Crippen molar-refractivity contribution in [1.29, 1.82) is 0 Å². The van der Waals surface area contributed by atoms with Gasteiger partial charge in [-0.25, -0.2) is 0 Å². The quantitative estimate of drug-likeness (QED) is 0.652. The Morgan fingerprint density at radius 3 is 2.90 bits per heavy atom. The first-order valence-electron chi connectivity index (χ1n) is 3.46. The number of halogens is 1. The number of nitrogens with one attached hydrogen (secondary N) is 1. The molecule has 0 bridgehead atoms. The fraction of sp³-hybridized carbons (Fsp3) is 1.00. The Kier molecular flexibility index (Phi) is 6.63. The van der Waals surface area contributed by atoms with Crippen LogP contribution in [0.5, 0.6) is 0 Å². The molecule has 62 valence electrons. The van der Waals surface area contributed by atoms with Gasteiger partial charge in [0.1, 0.15) is 0 Å². The van der Waals surface area contributed by atoms with E-state index in [4.69, 9.17) is 5.73 Å². The summed E-state index contributed by atoms with van der Waals surface area (Å²) in [6.45, 7) is 3.16. The number of nitrogens with two attached hydrogens (primary N) is 1. The van der Waals surface area contributed by atoms with Crippen LogP contribution in [0.4, 0.5) is 0 Å². The molecular weight excluding hydrogens is 168 g/mol. The Hall–Kier alpha value is 0.560. The lowest BCUT2D eigenvalue weighted by atomic mass is 10.3. The number of hydrogen-bond acceptors (Lipinski definition) is 3. The zero-order chi connectivity index (χ0) is 6.53. The molecule has 0 amide bonds. The minimum Gasteiger partial charge on any atom is -0.330 e. The molecule has 10 heavy (non-hydrogen) atoms. The van der Waals surface area contributed by atoms with Gasteiger partial charge in [-0.05, 0) is 13.0 Å². The predicted molar refractivity (Wildman–Crippen MR) is 50.0 cm³/mol. The molecule has 1 rings (SSSR count). The van der Waals surface area contributed by atoms with Gasteiger partial charge < -0.3 is 11.1 Å². The molecule has 1 unspecified atom stereocenters. The van der Waals surface area contributed by atoms with Gasteiger partial charge in [-0.1, -0.05) is 0 Å². The topological polar surface area (TPSA) is 38.0 Å². The molecule has 0 radical (unpaired) electrons. The zero-order valence-corrected chi connectivity index (χ0v) is 7.64. The molecule has 1 fully saturated rings. The SMILES string of the molecule is Cl.NCCC1CNCCS1. The van der Waals surface area contributed by atoms with Crippen molar-refractivity contribution in [2.24, 2.45) is 5.73 Å². The highest BCUT2D eigenvalue weighted by Crippen LogP contribution is 2.15. The first kappa shape index (κ1) is 10.6. The van der Waals surface area contributed by atoms with E-state index >= 15 is 0 Å². The van der Waals surface area contributed by atoms with Gasteiger partial charge in [0.2, 0.25) is 0 Å². The smallest absolute Gasteiger partial charge is 0.0184 e. The molecule has 1 atom stereocenters. The van der Waals surface area contributed by atoms with E-state index in [9.17, 15) is 0 Å². The summed E-state index contributed by atoms with van der Waals surface area (Å²) in [6.07, 6.45) is 1.16. The summed E-state index contributed by atoms with van der Waals surface area (Å²) in [5.74, 6) is 1.25. The fourth-order valence-corrected chi connectivity index (χ4v) is 2.12. The maximum atomic E-state index is 5.42. The van der Waals surface area contributed by atoms with Crippen LogP contribution in [0.2, 0.25) is 0 Å². The van der Waals surface area contributed by atoms with Crippen LogP contribution >= 0.6 is 24.2 Å². The van der Waals surface area contributed by atoms with Crippen LogP contribution in [0.3, 0.4) is 0 Å². The van der Waals surface area contributed by atoms with E-state index in [1.807, 2.05) is 11.8 Å². The summed E-state index contributed by atoms with van der Waals surface area (Å²) < 4.78 is 0. The summed E-state index contributed by atoms with van der Waals surface area (Å²) >= 11 is 2.05. The first-order chi connectivity index (χ1) is 4.43. The van der Waals surface area contributed by atoms with Gasteiger partial charge in [-0.2, -0.15) is 11.8 Å². The maximum Gasteiger partial charge on any atom is 0.0184 e. The Morgan fingerprint density at radius 2 is 2.40 bits per heavy atom. The average molecular weight is 183 g/mol. The van der Waals surface area contributed by atoms with Gasteiger partial charge in [0.15, 0.2) is 0 Å². The van der Waals surface area contributed by atoms with Gasteiger partial charge in [-0.15, -0.1) is 12.4 Å². The first-order valence-corrected chi connectivity index (χ1v) is 4.50. The Morgan fingerprint density at radius 1 is 1.60 bits per heavy atom. The van der Waals surface area contributed by atoms with Gasteiger partial charge >= 0.3 is 0 Å². The summed E-state index contributed by atoms with van der Waals surface area (Å²) in [7, 11) is 0. The lowest BCUT2D eigenvalue weighted by molar-refractivity contribution is 0.642. The third-order valence-corrected chi connectivity index (χ3v) is 2.81. The van der Waals surface area contributed by atoms with Gasteiger partial charge in [-0.3, -0.25) is 0 Å². The second kappa shape index (κ2) is 6.28. The molecule has 0 saturated carbocycles. The highest BCUT2D eigenvalue weighted by Gasteiger charge is 2.10. The molecule has 0 aliphatic carbocycles. The van der Waals surface area contributed by atoms with E-state index in [1.54, 1.807) is 0 Å². The third kappa shape index (κ3) is 3.66. The largest absolute Gasteiger partial charge is 0.330 e. The summed E-state index contributed by atoms with van der Waals surface area (Å²) in [4.78, 5) is 0. The van der Waals surface area contributed by atoms with Crippen molar-refractivity contribution < 1.29 is 0 Å². The van der Waals surface area contributed by atoms with Crippen molar-refractivity contribution in [2.75, 3.05) is 25.4 Å². The molecule has 3 N–H and O–H groups in total. The molecule has 1 saturated heterocycles. The summed E-state index contributed by atoms with van der Waals surface area (Å²) in [5, 5.41) is 4.12. The van der Waals surface area contributed by atoms with Crippen molar-refractivity contribution in [1.82, 2.24) is 5.32 Å². The average Bonchev–Trinajstić information content (AvgIpc) is 1.91. The fourth-order valence-electron chi connectivity index (χ4n) is 0.991. The highest BCUT2D eigenvalue weighted by atomic mass is 35.5. The summed E-state index contributed by atoms with van der Waals surface area (Å²) in [5.41, 5.74) is 5.42. The minimum atomic E-state index is 0. The second-order valence-corrected chi connectivity index (χ2v) is 3.68. The van der Waals surface area contributed by atoms with Crippen molar-refractivity contribution in [2.45, 2.75) is 11.7 Å². The third-order valence-electron chi connectivity index (χ3n) is 1.49. The van der Waals surface area contributed by atoms with Gasteiger partial charge in [0.25, 0.3) is 0 Å². The molecule has 0 aromatic heterocycles. The normalized spacial score (nSPS) is 25.5. The Labute approximate surface area is 72.7 Å². The van der Waals surface area contributed by atoms with Crippen LogP contribution in [0.1, 0.15) is 6.42 Å². The maximum absolute atomic E-state index is 5.42. The second-order valence-electron chi connectivity index (χ2n) is 2.27. The minimum absolute atomic E-state index is 0. The van der Waals surface area contributed by atoms with Crippen LogP contribution in [0, 0.1) is 0 Å². The molecule has 0 spiro atoms. The highest BCUT2D eigenvalue weighted by molar-refractivity contribution is 8.00. The molecule has 1 aliphatic rings. The molecular formula is C6H15ClN2S. The van der Waals surface area contributed by atoms with Crippen LogP contribution in [-0.2, 0) is 0 Å². The van der Waals surface area contributed by atoms with E-state index in [-0.39, 0.29) is 12.4 Å². The molecule has 1 heterocycles. The van der Waals surface area contributed by atoms with E-state index < -0.39 is 0 Å². The molecule has 4 heteroatoms. The van der Waals surface area contributed by atoms with Crippen LogP contribution in [0.25, 0.3) is 0 Å². The van der Waals surface area contributed by atoms with Crippen molar-refractivity contribution in [3.05, 3.63) is 0 Å². The van der Waals surface area contributed by atoms with E-state index in [1.165, 1.54) is 12.3 Å². The van der Waals surface area contributed by atoms with E-state index in [0.29, 0.717) is 0 Å². The lowest BCUT2D eigenvalue weighted by Gasteiger charge is -2.21. The molecule has 0 aromatic carbocycles. The number of rotatable bonds is 2. The predicted octanol–water partition coefficient (Wildman–Crippen LogP) is 0.462. The molecule has 0 aromatic rings. The zero-order valence-electron chi connectivity index (χ0n) is 6.01. The number of hydrogen-bond donors (Lipinski definition) is 2. The summed E-state index contributed by atoms with van der Waals surface area (Å²) in [6, 6.07) is 0.